The smallest absolute Gasteiger partial charge is 0.252 e. The second-order valence-electron chi connectivity index (χ2n) is 7.50. The molecule has 0 spiro atoms. The zero-order valence-electron chi connectivity index (χ0n) is 15.9. The molecule has 0 saturated carbocycles. The quantitative estimate of drug-likeness (QED) is 0.550. The summed E-state index contributed by atoms with van der Waals surface area (Å²) < 4.78 is 3.93. The van der Waals surface area contributed by atoms with Gasteiger partial charge in [0.25, 0.3) is 5.78 Å². The molecule has 1 fully saturated rings. The molecule has 4 aromatic rings. The Bertz CT molecular complexity index is 1070. The molecule has 5 rings (SSSR count). The molecule has 28 heavy (non-hydrogen) atoms. The van der Waals surface area contributed by atoms with Gasteiger partial charge in [0.15, 0.2) is 0 Å². The number of hydrogen-bond acceptors (Lipinski definition) is 5. The number of nitrogens with zero attached hydrogens (tertiary/aromatic N) is 7. The molecule has 7 nitrogen and oxygen atoms in total. The summed E-state index contributed by atoms with van der Waals surface area (Å²) in [7, 11) is 0. The van der Waals surface area contributed by atoms with Crippen LogP contribution in [0.3, 0.4) is 0 Å². The number of fused-ring (bicyclic) bond motifs is 1. The third kappa shape index (κ3) is 3.29. The predicted molar refractivity (Wildman–Crippen MR) is 106 cm³/mol. The Hall–Kier alpha value is -3.06. The summed E-state index contributed by atoms with van der Waals surface area (Å²) in [5.41, 5.74) is 4.70. The van der Waals surface area contributed by atoms with E-state index >= 15 is 0 Å². The maximum atomic E-state index is 4.48. The number of piperidine rings is 1. The number of aryl methyl sites for hydroxylation is 1. The van der Waals surface area contributed by atoms with Gasteiger partial charge in [-0.25, -0.2) is 14.5 Å². The van der Waals surface area contributed by atoms with E-state index in [4.69, 9.17) is 0 Å². The number of aromatic nitrogens is 6. The van der Waals surface area contributed by atoms with Gasteiger partial charge in [-0.1, -0.05) is 12.1 Å². The van der Waals surface area contributed by atoms with Crippen molar-refractivity contribution in [3.63, 3.8) is 0 Å². The molecular weight excluding hydrogens is 350 g/mol. The van der Waals surface area contributed by atoms with Gasteiger partial charge in [0.2, 0.25) is 0 Å². The van der Waals surface area contributed by atoms with Crippen molar-refractivity contribution >= 4 is 5.78 Å². The number of hydrogen-bond donors (Lipinski definition) is 0. The monoisotopic (exact) mass is 373 g/mol. The SMILES string of the molecule is Cc1cc(C2CCCN(Cc3ccc(-n4ccnc4)cc3)C2)n2ncnc2n1. The lowest BCUT2D eigenvalue weighted by molar-refractivity contribution is 0.197. The molecule has 0 radical (unpaired) electrons. The van der Waals surface area contributed by atoms with E-state index in [-0.39, 0.29) is 0 Å². The van der Waals surface area contributed by atoms with Gasteiger partial charge in [0.05, 0.1) is 12.0 Å². The van der Waals surface area contributed by atoms with E-state index in [2.05, 4.69) is 55.3 Å². The van der Waals surface area contributed by atoms with Crippen LogP contribution in [0.15, 0.2) is 55.4 Å². The van der Waals surface area contributed by atoms with E-state index in [1.54, 1.807) is 12.5 Å². The lowest BCUT2D eigenvalue weighted by atomic mass is 9.93. The Balaban J connectivity index is 1.32. The van der Waals surface area contributed by atoms with Gasteiger partial charge in [-0.3, -0.25) is 4.90 Å². The maximum Gasteiger partial charge on any atom is 0.252 e. The molecule has 1 aromatic carbocycles. The van der Waals surface area contributed by atoms with E-state index < -0.39 is 0 Å². The van der Waals surface area contributed by atoms with Gasteiger partial charge >= 0.3 is 0 Å². The molecule has 1 saturated heterocycles. The summed E-state index contributed by atoms with van der Waals surface area (Å²) in [5, 5.41) is 4.40. The van der Waals surface area contributed by atoms with E-state index in [1.807, 2.05) is 28.5 Å². The minimum absolute atomic E-state index is 0.449. The topological polar surface area (TPSA) is 64.1 Å². The van der Waals surface area contributed by atoms with Crippen LogP contribution >= 0.6 is 0 Å². The Morgan fingerprint density at radius 2 is 2.07 bits per heavy atom. The van der Waals surface area contributed by atoms with Crippen molar-refractivity contribution in [2.75, 3.05) is 13.1 Å². The summed E-state index contributed by atoms with van der Waals surface area (Å²) in [5.74, 6) is 1.15. The zero-order chi connectivity index (χ0) is 18.9. The minimum Gasteiger partial charge on any atom is -0.306 e. The van der Waals surface area contributed by atoms with Crippen molar-refractivity contribution in [1.29, 1.82) is 0 Å². The molecule has 3 aromatic heterocycles. The molecule has 0 amide bonds. The van der Waals surface area contributed by atoms with Crippen molar-refractivity contribution in [1.82, 2.24) is 34.0 Å². The second kappa shape index (κ2) is 7.16. The minimum atomic E-state index is 0.449. The average molecular weight is 373 g/mol. The van der Waals surface area contributed by atoms with E-state index in [1.165, 1.54) is 24.1 Å². The summed E-state index contributed by atoms with van der Waals surface area (Å²) in [6.07, 6.45) is 9.55. The van der Waals surface area contributed by atoms with E-state index in [0.717, 1.165) is 31.0 Å². The lowest BCUT2D eigenvalue weighted by Crippen LogP contribution is -2.34. The molecule has 1 aliphatic heterocycles. The second-order valence-corrected chi connectivity index (χ2v) is 7.50. The first-order valence-electron chi connectivity index (χ1n) is 9.73. The van der Waals surface area contributed by atoms with Gasteiger partial charge in [-0.15, -0.1) is 0 Å². The highest BCUT2D eigenvalue weighted by Gasteiger charge is 2.24. The lowest BCUT2D eigenvalue weighted by Gasteiger charge is -2.33. The van der Waals surface area contributed by atoms with Crippen LogP contribution in [0.5, 0.6) is 0 Å². The fraction of sp³-hybridized carbons (Fsp3) is 0.333. The third-order valence-corrected chi connectivity index (χ3v) is 5.48. The first-order chi connectivity index (χ1) is 13.8. The molecule has 1 unspecified atom stereocenters. The number of rotatable bonds is 4. The normalized spacial score (nSPS) is 18.0. The van der Waals surface area contributed by atoms with Crippen molar-refractivity contribution in [3.05, 3.63) is 72.3 Å². The molecule has 1 atom stereocenters. The summed E-state index contributed by atoms with van der Waals surface area (Å²) in [6, 6.07) is 10.9. The first kappa shape index (κ1) is 17.1. The van der Waals surface area contributed by atoms with Crippen LogP contribution < -0.4 is 0 Å². The largest absolute Gasteiger partial charge is 0.306 e. The molecule has 1 aliphatic rings. The van der Waals surface area contributed by atoms with Crippen molar-refractivity contribution in [3.8, 4) is 5.69 Å². The van der Waals surface area contributed by atoms with Gasteiger partial charge in [0, 0.05) is 42.8 Å². The standard InChI is InChI=1S/C21H23N7/c1-16-11-20(28-21(25-16)23-14-24-28)18-3-2-9-26(13-18)12-17-4-6-19(7-5-17)27-10-8-22-15-27/h4-8,10-11,14-15,18H,2-3,9,12-13H2,1H3. The molecule has 7 heteroatoms. The molecule has 142 valence electrons. The molecule has 4 heterocycles. The molecule has 0 N–H and O–H groups in total. The van der Waals surface area contributed by atoms with Crippen LogP contribution in [-0.4, -0.2) is 47.1 Å². The predicted octanol–water partition coefficient (Wildman–Crippen LogP) is 3.00. The maximum absolute atomic E-state index is 4.48. The molecular formula is C21H23N7. The highest BCUT2D eigenvalue weighted by molar-refractivity contribution is 5.35. The van der Waals surface area contributed by atoms with Gasteiger partial charge in [-0.05, 0) is 50.1 Å². The van der Waals surface area contributed by atoms with Crippen LogP contribution in [0.1, 0.15) is 35.7 Å². The highest BCUT2D eigenvalue weighted by Crippen LogP contribution is 2.28. The van der Waals surface area contributed by atoms with Crippen molar-refractivity contribution < 1.29 is 0 Å². The number of imidazole rings is 1. The van der Waals surface area contributed by atoms with Crippen LogP contribution in [0.2, 0.25) is 0 Å². The Labute approximate surface area is 163 Å². The van der Waals surface area contributed by atoms with Crippen molar-refractivity contribution in [2.24, 2.45) is 0 Å². The first-order valence-corrected chi connectivity index (χ1v) is 9.73. The number of benzene rings is 1. The Kier molecular flexibility index (Phi) is 4.37. The highest BCUT2D eigenvalue weighted by atomic mass is 15.3. The fourth-order valence-corrected chi connectivity index (χ4v) is 4.13. The van der Waals surface area contributed by atoms with E-state index in [9.17, 15) is 0 Å². The van der Waals surface area contributed by atoms with Gasteiger partial charge in [-0.2, -0.15) is 10.1 Å². The Morgan fingerprint density at radius 1 is 1.18 bits per heavy atom. The average Bonchev–Trinajstić information content (AvgIpc) is 3.40. The summed E-state index contributed by atoms with van der Waals surface area (Å²) in [6.45, 7) is 5.15. The molecule has 0 bridgehead atoms. The number of likely N-dealkylation sites (tertiary alicyclic amines) is 1. The zero-order valence-corrected chi connectivity index (χ0v) is 15.9. The molecule has 0 aliphatic carbocycles. The Morgan fingerprint density at radius 3 is 2.89 bits per heavy atom. The van der Waals surface area contributed by atoms with E-state index in [0.29, 0.717) is 11.7 Å². The van der Waals surface area contributed by atoms with Gasteiger partial charge < -0.3 is 4.57 Å². The summed E-state index contributed by atoms with van der Waals surface area (Å²) in [4.78, 5) is 15.4. The van der Waals surface area contributed by atoms with Crippen LogP contribution in [0.4, 0.5) is 0 Å². The van der Waals surface area contributed by atoms with Gasteiger partial charge in [0.1, 0.15) is 6.33 Å². The third-order valence-electron chi connectivity index (χ3n) is 5.48. The van der Waals surface area contributed by atoms with Crippen LogP contribution in [0, 0.1) is 6.92 Å². The van der Waals surface area contributed by atoms with Crippen LogP contribution in [0.25, 0.3) is 11.5 Å². The summed E-state index contributed by atoms with van der Waals surface area (Å²) >= 11 is 0. The van der Waals surface area contributed by atoms with Crippen LogP contribution in [-0.2, 0) is 6.54 Å². The fourth-order valence-electron chi connectivity index (χ4n) is 4.13. The van der Waals surface area contributed by atoms with Crippen molar-refractivity contribution in [2.45, 2.75) is 32.2 Å².